The minimum absolute atomic E-state index is 0.125. The number of hydrogen-bond acceptors (Lipinski definition) is 5. The Morgan fingerprint density at radius 1 is 1.07 bits per heavy atom. The predicted molar refractivity (Wildman–Crippen MR) is 108 cm³/mol. The summed E-state index contributed by atoms with van der Waals surface area (Å²) < 4.78 is 1.84. The van der Waals surface area contributed by atoms with Gasteiger partial charge in [-0.25, -0.2) is 14.6 Å². The smallest absolute Gasteiger partial charge is 0.254 e. The van der Waals surface area contributed by atoms with Gasteiger partial charge in [0.15, 0.2) is 0 Å². The molecule has 0 saturated carbocycles. The second-order valence-corrected chi connectivity index (χ2v) is 6.54. The first kappa shape index (κ1) is 17.7. The molecular weight excluding hydrogens is 352 g/mol. The average Bonchev–Trinajstić information content (AvgIpc) is 3.20. The quantitative estimate of drug-likeness (QED) is 0.561. The molecule has 7 heteroatoms. The van der Waals surface area contributed by atoms with Crippen LogP contribution in [0, 0.1) is 13.8 Å². The summed E-state index contributed by atoms with van der Waals surface area (Å²) in [7, 11) is 0. The first-order valence-electron chi connectivity index (χ1n) is 8.97. The maximum atomic E-state index is 11.9. The van der Waals surface area contributed by atoms with Gasteiger partial charge in [0.2, 0.25) is 0 Å². The van der Waals surface area contributed by atoms with Gasteiger partial charge in [-0.15, -0.1) is 0 Å². The van der Waals surface area contributed by atoms with Crippen LogP contribution in [-0.2, 0) is 6.54 Å². The highest BCUT2D eigenvalue weighted by molar-refractivity contribution is 5.56. The van der Waals surface area contributed by atoms with Crippen LogP contribution in [0.25, 0.3) is 17.1 Å². The van der Waals surface area contributed by atoms with Crippen molar-refractivity contribution in [3.05, 3.63) is 88.2 Å². The third-order valence-corrected chi connectivity index (χ3v) is 4.56. The number of aryl methyl sites for hydroxylation is 1. The van der Waals surface area contributed by atoms with Gasteiger partial charge in [0.25, 0.3) is 5.56 Å². The number of hydrogen-bond donors (Lipinski definition) is 2. The molecule has 0 fully saturated rings. The van der Waals surface area contributed by atoms with Gasteiger partial charge >= 0.3 is 0 Å². The van der Waals surface area contributed by atoms with Crippen LogP contribution in [0.5, 0.6) is 0 Å². The van der Waals surface area contributed by atoms with Gasteiger partial charge in [0.1, 0.15) is 11.6 Å². The molecule has 2 N–H and O–H groups in total. The first-order chi connectivity index (χ1) is 13.6. The third kappa shape index (κ3) is 3.68. The summed E-state index contributed by atoms with van der Waals surface area (Å²) >= 11 is 0. The molecule has 3 heterocycles. The standard InChI is InChI=1S/C21H20N6O/c1-14-15(2)25-20(26-21(14)28)17-8-9-19(23-12-17)22-10-16-11-24-27(13-16)18-6-4-3-5-7-18/h3-9,11-13H,10H2,1-2H3,(H,22,23)(H,25,26,28). The minimum Gasteiger partial charge on any atom is -0.366 e. The van der Waals surface area contributed by atoms with Crippen LogP contribution < -0.4 is 10.9 Å². The number of para-hydroxylation sites is 1. The molecule has 28 heavy (non-hydrogen) atoms. The molecular formula is C21H20N6O. The molecule has 4 rings (SSSR count). The molecule has 3 aromatic heterocycles. The fraction of sp³-hybridized carbons (Fsp3) is 0.143. The van der Waals surface area contributed by atoms with Crippen molar-refractivity contribution in [3.63, 3.8) is 0 Å². The summed E-state index contributed by atoms with van der Waals surface area (Å²) in [6.45, 7) is 4.20. The van der Waals surface area contributed by atoms with Crippen LogP contribution in [0.1, 0.15) is 16.8 Å². The number of nitrogens with zero attached hydrogens (tertiary/aromatic N) is 4. The second kappa shape index (κ2) is 7.48. The average molecular weight is 372 g/mol. The number of benzene rings is 1. The fourth-order valence-electron chi connectivity index (χ4n) is 2.79. The first-order valence-corrected chi connectivity index (χ1v) is 8.97. The molecule has 4 aromatic rings. The predicted octanol–water partition coefficient (Wildman–Crippen LogP) is 3.25. The van der Waals surface area contributed by atoms with E-state index in [-0.39, 0.29) is 5.56 Å². The van der Waals surface area contributed by atoms with Crippen LogP contribution >= 0.6 is 0 Å². The maximum absolute atomic E-state index is 11.9. The maximum Gasteiger partial charge on any atom is 0.254 e. The van der Waals surface area contributed by atoms with Crippen LogP contribution in [0.15, 0.2) is 65.8 Å². The van der Waals surface area contributed by atoms with E-state index in [1.54, 1.807) is 13.1 Å². The summed E-state index contributed by atoms with van der Waals surface area (Å²) in [4.78, 5) is 23.6. The molecule has 0 spiro atoms. The van der Waals surface area contributed by atoms with Crippen LogP contribution in [0.4, 0.5) is 5.82 Å². The van der Waals surface area contributed by atoms with E-state index in [9.17, 15) is 4.79 Å². The Labute approximate surface area is 162 Å². The van der Waals surface area contributed by atoms with Crippen LogP contribution in [0.3, 0.4) is 0 Å². The highest BCUT2D eigenvalue weighted by atomic mass is 16.1. The zero-order chi connectivity index (χ0) is 19.5. The molecule has 1 aromatic carbocycles. The van der Waals surface area contributed by atoms with Gasteiger partial charge in [0, 0.05) is 41.3 Å². The molecule has 0 unspecified atom stereocenters. The Hall–Kier alpha value is -3.74. The lowest BCUT2D eigenvalue weighted by Gasteiger charge is -2.07. The van der Waals surface area contributed by atoms with E-state index >= 15 is 0 Å². The summed E-state index contributed by atoms with van der Waals surface area (Å²) in [6, 6.07) is 13.7. The number of nitrogens with one attached hydrogen (secondary N) is 2. The van der Waals surface area contributed by atoms with Crippen molar-refractivity contribution in [3.8, 4) is 17.1 Å². The Morgan fingerprint density at radius 3 is 2.61 bits per heavy atom. The van der Waals surface area contributed by atoms with Gasteiger partial charge in [-0.2, -0.15) is 5.10 Å². The number of aromatic nitrogens is 5. The van der Waals surface area contributed by atoms with Crippen molar-refractivity contribution in [1.29, 1.82) is 0 Å². The van der Waals surface area contributed by atoms with Crippen molar-refractivity contribution in [2.45, 2.75) is 20.4 Å². The molecule has 0 aliphatic heterocycles. The molecule has 0 aliphatic rings. The van der Waals surface area contributed by atoms with Gasteiger partial charge in [-0.3, -0.25) is 4.79 Å². The molecule has 0 radical (unpaired) electrons. The van der Waals surface area contributed by atoms with E-state index in [4.69, 9.17) is 0 Å². The van der Waals surface area contributed by atoms with E-state index in [1.807, 2.05) is 66.5 Å². The number of H-pyrrole nitrogens is 1. The van der Waals surface area contributed by atoms with Crippen LogP contribution in [0.2, 0.25) is 0 Å². The Kier molecular flexibility index (Phi) is 4.72. The van der Waals surface area contributed by atoms with Gasteiger partial charge in [-0.1, -0.05) is 18.2 Å². The number of rotatable bonds is 5. The van der Waals surface area contributed by atoms with Gasteiger partial charge in [-0.05, 0) is 38.1 Å². The number of pyridine rings is 1. The SMILES string of the molecule is Cc1nc(-c2ccc(NCc3cnn(-c4ccccc4)c3)nc2)[nH]c(=O)c1C. The Bertz CT molecular complexity index is 1150. The lowest BCUT2D eigenvalue weighted by molar-refractivity contribution is 0.880. The van der Waals surface area contributed by atoms with E-state index in [1.165, 1.54) is 0 Å². The lowest BCUT2D eigenvalue weighted by atomic mass is 10.2. The van der Waals surface area contributed by atoms with Gasteiger partial charge < -0.3 is 10.3 Å². The van der Waals surface area contributed by atoms with Gasteiger partial charge in [0.05, 0.1) is 11.9 Å². The number of aromatic amines is 1. The zero-order valence-corrected chi connectivity index (χ0v) is 15.7. The Balaban J connectivity index is 1.44. The minimum atomic E-state index is -0.125. The highest BCUT2D eigenvalue weighted by Crippen LogP contribution is 2.16. The van der Waals surface area contributed by atoms with Crippen molar-refractivity contribution in [2.24, 2.45) is 0 Å². The van der Waals surface area contributed by atoms with E-state index in [0.717, 1.165) is 28.3 Å². The number of anilines is 1. The topological polar surface area (TPSA) is 88.5 Å². The summed E-state index contributed by atoms with van der Waals surface area (Å²) in [5, 5.41) is 7.67. The molecule has 0 bridgehead atoms. The van der Waals surface area contributed by atoms with Crippen molar-refractivity contribution in [1.82, 2.24) is 24.7 Å². The van der Waals surface area contributed by atoms with Crippen LogP contribution in [-0.4, -0.2) is 24.7 Å². The molecule has 7 nitrogen and oxygen atoms in total. The second-order valence-electron chi connectivity index (χ2n) is 6.54. The Morgan fingerprint density at radius 2 is 1.89 bits per heavy atom. The summed E-state index contributed by atoms with van der Waals surface area (Å²) in [5.41, 5.74) is 4.06. The van der Waals surface area contributed by atoms with E-state index in [2.05, 4.69) is 25.4 Å². The third-order valence-electron chi connectivity index (χ3n) is 4.56. The summed E-state index contributed by atoms with van der Waals surface area (Å²) in [6.07, 6.45) is 5.52. The fourth-order valence-corrected chi connectivity index (χ4v) is 2.79. The zero-order valence-electron chi connectivity index (χ0n) is 15.7. The lowest BCUT2D eigenvalue weighted by Crippen LogP contribution is -2.14. The van der Waals surface area contributed by atoms with E-state index in [0.29, 0.717) is 17.9 Å². The molecule has 0 aliphatic carbocycles. The summed E-state index contributed by atoms with van der Waals surface area (Å²) in [5.74, 6) is 1.26. The molecule has 0 atom stereocenters. The van der Waals surface area contributed by atoms with Crippen molar-refractivity contribution >= 4 is 5.82 Å². The van der Waals surface area contributed by atoms with Crippen molar-refractivity contribution in [2.75, 3.05) is 5.32 Å². The monoisotopic (exact) mass is 372 g/mol. The normalized spacial score (nSPS) is 10.8. The molecule has 0 amide bonds. The largest absolute Gasteiger partial charge is 0.366 e. The molecule has 0 saturated heterocycles. The molecule has 140 valence electrons. The van der Waals surface area contributed by atoms with E-state index < -0.39 is 0 Å². The highest BCUT2D eigenvalue weighted by Gasteiger charge is 2.07. The van der Waals surface area contributed by atoms with Crippen molar-refractivity contribution < 1.29 is 0 Å².